The van der Waals surface area contributed by atoms with Gasteiger partial charge >= 0.3 is 0 Å². The molecule has 0 saturated carbocycles. The van der Waals surface area contributed by atoms with E-state index >= 15 is 0 Å². The molecule has 6 nitrogen and oxygen atoms in total. The first-order valence-corrected chi connectivity index (χ1v) is 7.50. The minimum atomic E-state index is -3.84. The quantitative estimate of drug-likeness (QED) is 0.833. The molecular weight excluding hydrogens is 278 g/mol. The molecule has 0 atom stereocenters. The van der Waals surface area contributed by atoms with Gasteiger partial charge in [0.05, 0.1) is 23.1 Å². The summed E-state index contributed by atoms with van der Waals surface area (Å²) in [5.41, 5.74) is 5.35. The van der Waals surface area contributed by atoms with Gasteiger partial charge < -0.3 is 5.73 Å². The summed E-state index contributed by atoms with van der Waals surface area (Å²) in [4.78, 5) is 11.0. The first-order chi connectivity index (χ1) is 9.27. The van der Waals surface area contributed by atoms with Crippen LogP contribution in [0.1, 0.15) is 19.4 Å². The fourth-order valence-corrected chi connectivity index (χ4v) is 3.32. The Morgan fingerprint density at radius 2 is 2.10 bits per heavy atom. The number of benzene rings is 1. The highest BCUT2D eigenvalue weighted by Crippen LogP contribution is 2.18. The second kappa shape index (κ2) is 6.50. The molecule has 0 aliphatic carbocycles. The zero-order valence-electron chi connectivity index (χ0n) is 11.4. The summed E-state index contributed by atoms with van der Waals surface area (Å²) in [6.45, 7) is 3.49. The van der Waals surface area contributed by atoms with E-state index in [0.29, 0.717) is 0 Å². The van der Waals surface area contributed by atoms with Crippen LogP contribution in [0.15, 0.2) is 29.2 Å². The molecule has 0 aliphatic rings. The lowest BCUT2D eigenvalue weighted by Crippen LogP contribution is -2.40. The standard InChI is InChI=1S/C13H17N3O3S/c1-10(2)8-16(9-13(15)17)20(18,19)12-5-3-4-11(6-12)7-14/h3-6,10H,8-9H2,1-2H3,(H2,15,17). The van der Waals surface area contributed by atoms with Gasteiger partial charge in [0.25, 0.3) is 0 Å². The van der Waals surface area contributed by atoms with E-state index < -0.39 is 15.9 Å². The highest BCUT2D eigenvalue weighted by atomic mass is 32.2. The number of hydrogen-bond donors (Lipinski definition) is 1. The van der Waals surface area contributed by atoms with Crippen LogP contribution in [0.2, 0.25) is 0 Å². The van der Waals surface area contributed by atoms with Gasteiger partial charge in [-0.05, 0) is 24.1 Å². The molecule has 0 saturated heterocycles. The highest BCUT2D eigenvalue weighted by Gasteiger charge is 2.26. The third-order valence-corrected chi connectivity index (χ3v) is 4.31. The molecule has 20 heavy (non-hydrogen) atoms. The second-order valence-electron chi connectivity index (χ2n) is 4.80. The van der Waals surface area contributed by atoms with Crippen LogP contribution in [-0.4, -0.2) is 31.7 Å². The van der Waals surface area contributed by atoms with E-state index in [0.717, 1.165) is 4.31 Å². The Labute approximate surface area is 118 Å². The number of primary amides is 1. The molecule has 0 radical (unpaired) electrons. The molecule has 1 aromatic rings. The van der Waals surface area contributed by atoms with Crippen molar-refractivity contribution in [3.63, 3.8) is 0 Å². The van der Waals surface area contributed by atoms with Crippen molar-refractivity contribution >= 4 is 15.9 Å². The summed E-state index contributed by atoms with van der Waals surface area (Å²) >= 11 is 0. The van der Waals surface area contributed by atoms with Crippen LogP contribution in [0.4, 0.5) is 0 Å². The van der Waals surface area contributed by atoms with Crippen LogP contribution in [0.25, 0.3) is 0 Å². The SMILES string of the molecule is CC(C)CN(CC(N)=O)S(=O)(=O)c1cccc(C#N)c1. The predicted molar refractivity (Wildman–Crippen MR) is 73.9 cm³/mol. The summed E-state index contributed by atoms with van der Waals surface area (Å²) < 4.78 is 26.0. The highest BCUT2D eigenvalue weighted by molar-refractivity contribution is 7.89. The van der Waals surface area contributed by atoms with Gasteiger partial charge in [-0.25, -0.2) is 8.42 Å². The molecule has 0 bridgehead atoms. The monoisotopic (exact) mass is 295 g/mol. The van der Waals surface area contributed by atoms with Gasteiger partial charge in [-0.3, -0.25) is 4.79 Å². The first kappa shape index (κ1) is 16.1. The van der Waals surface area contributed by atoms with Crippen molar-refractivity contribution in [1.29, 1.82) is 5.26 Å². The Hall–Kier alpha value is -1.91. The number of amides is 1. The molecule has 108 valence electrons. The molecule has 1 aromatic carbocycles. The van der Waals surface area contributed by atoms with E-state index in [2.05, 4.69) is 0 Å². The molecular formula is C13H17N3O3S. The zero-order valence-corrected chi connectivity index (χ0v) is 12.2. The fourth-order valence-electron chi connectivity index (χ4n) is 1.70. The second-order valence-corrected chi connectivity index (χ2v) is 6.74. The third-order valence-electron chi connectivity index (χ3n) is 2.50. The third kappa shape index (κ3) is 4.05. The van der Waals surface area contributed by atoms with Crippen molar-refractivity contribution in [2.24, 2.45) is 11.7 Å². The molecule has 0 heterocycles. The normalized spacial score (nSPS) is 11.6. The minimum Gasteiger partial charge on any atom is -0.369 e. The molecule has 0 aliphatic heterocycles. The lowest BCUT2D eigenvalue weighted by molar-refractivity contribution is -0.118. The first-order valence-electron chi connectivity index (χ1n) is 6.06. The molecule has 7 heteroatoms. The molecule has 0 aromatic heterocycles. The molecule has 0 spiro atoms. The minimum absolute atomic E-state index is 0.0153. The van der Waals surface area contributed by atoms with Crippen LogP contribution in [0, 0.1) is 17.2 Å². The Kier molecular flexibility index (Phi) is 5.25. The number of rotatable bonds is 6. The van der Waals surface area contributed by atoms with Crippen molar-refractivity contribution in [2.75, 3.05) is 13.1 Å². The maximum Gasteiger partial charge on any atom is 0.243 e. The average molecular weight is 295 g/mol. The molecule has 1 rings (SSSR count). The van der Waals surface area contributed by atoms with Gasteiger partial charge in [-0.1, -0.05) is 19.9 Å². The Bertz CT molecular complexity index is 633. The summed E-state index contributed by atoms with van der Waals surface area (Å²) in [5, 5.41) is 8.82. The van der Waals surface area contributed by atoms with E-state index in [1.54, 1.807) is 0 Å². The van der Waals surface area contributed by atoms with Crippen molar-refractivity contribution in [3.05, 3.63) is 29.8 Å². The summed E-state index contributed by atoms with van der Waals surface area (Å²) in [6, 6.07) is 7.56. The average Bonchev–Trinajstić information content (AvgIpc) is 2.37. The number of nitrogens with zero attached hydrogens (tertiary/aromatic N) is 2. The van der Waals surface area contributed by atoms with E-state index in [1.165, 1.54) is 24.3 Å². The summed E-state index contributed by atoms with van der Waals surface area (Å²) in [7, 11) is -3.84. The van der Waals surface area contributed by atoms with E-state index in [9.17, 15) is 13.2 Å². The maximum absolute atomic E-state index is 12.5. The van der Waals surface area contributed by atoms with E-state index in [4.69, 9.17) is 11.0 Å². The smallest absolute Gasteiger partial charge is 0.243 e. The van der Waals surface area contributed by atoms with Crippen molar-refractivity contribution in [3.8, 4) is 6.07 Å². The summed E-state index contributed by atoms with van der Waals surface area (Å²) in [6.07, 6.45) is 0. The molecule has 2 N–H and O–H groups in total. The van der Waals surface area contributed by atoms with Crippen LogP contribution < -0.4 is 5.73 Å². The lowest BCUT2D eigenvalue weighted by atomic mass is 10.2. The molecule has 0 fully saturated rings. The topological polar surface area (TPSA) is 104 Å². The predicted octanol–water partition coefficient (Wildman–Crippen LogP) is 0.690. The van der Waals surface area contributed by atoms with Gasteiger partial charge in [0, 0.05) is 6.54 Å². The molecule has 1 amide bonds. The molecule has 0 unspecified atom stereocenters. The van der Waals surface area contributed by atoms with Gasteiger partial charge in [0.2, 0.25) is 15.9 Å². The Morgan fingerprint density at radius 1 is 1.45 bits per heavy atom. The van der Waals surface area contributed by atoms with Crippen molar-refractivity contribution < 1.29 is 13.2 Å². The number of carbonyl (C=O) groups excluding carboxylic acids is 1. The fraction of sp³-hybridized carbons (Fsp3) is 0.385. The van der Waals surface area contributed by atoms with E-state index in [-0.39, 0.29) is 29.5 Å². The Morgan fingerprint density at radius 3 is 2.60 bits per heavy atom. The van der Waals surface area contributed by atoms with Crippen LogP contribution in [-0.2, 0) is 14.8 Å². The van der Waals surface area contributed by atoms with Gasteiger partial charge in [0.15, 0.2) is 0 Å². The number of sulfonamides is 1. The zero-order chi connectivity index (χ0) is 15.3. The number of hydrogen-bond acceptors (Lipinski definition) is 4. The van der Waals surface area contributed by atoms with Crippen molar-refractivity contribution in [2.45, 2.75) is 18.7 Å². The number of nitrogens with two attached hydrogens (primary N) is 1. The largest absolute Gasteiger partial charge is 0.369 e. The van der Waals surface area contributed by atoms with Gasteiger partial charge in [-0.15, -0.1) is 0 Å². The van der Waals surface area contributed by atoms with Gasteiger partial charge in [0.1, 0.15) is 0 Å². The van der Waals surface area contributed by atoms with Crippen LogP contribution >= 0.6 is 0 Å². The Balaban J connectivity index is 3.21. The maximum atomic E-state index is 12.5. The van der Waals surface area contributed by atoms with Gasteiger partial charge in [-0.2, -0.15) is 9.57 Å². The van der Waals surface area contributed by atoms with Crippen molar-refractivity contribution in [1.82, 2.24) is 4.31 Å². The van der Waals surface area contributed by atoms with Crippen LogP contribution in [0.3, 0.4) is 0 Å². The summed E-state index contributed by atoms with van der Waals surface area (Å²) in [5.74, 6) is -0.672. The lowest BCUT2D eigenvalue weighted by Gasteiger charge is -2.22. The van der Waals surface area contributed by atoms with E-state index in [1.807, 2.05) is 19.9 Å². The number of nitriles is 1. The number of carbonyl (C=O) groups is 1. The van der Waals surface area contributed by atoms with Crippen LogP contribution in [0.5, 0.6) is 0 Å².